The van der Waals surface area contributed by atoms with Gasteiger partial charge in [-0.05, 0) is 24.3 Å². The molecule has 0 fully saturated rings. The normalized spacial score (nSPS) is 10.2. The molecular weight excluding hydrogens is 252 g/mol. The van der Waals surface area contributed by atoms with Crippen molar-refractivity contribution in [2.45, 2.75) is 0 Å². The average Bonchev–Trinajstić information content (AvgIpc) is 2.87. The predicted molar refractivity (Wildman–Crippen MR) is 65.9 cm³/mol. The van der Waals surface area contributed by atoms with E-state index < -0.39 is 10.8 Å². The van der Waals surface area contributed by atoms with Crippen molar-refractivity contribution in [2.75, 3.05) is 7.11 Å². The molecule has 7 heteroatoms. The molecule has 0 saturated carbocycles. The summed E-state index contributed by atoms with van der Waals surface area (Å²) in [5.41, 5.74) is 5.13. The van der Waals surface area contributed by atoms with Gasteiger partial charge in [-0.2, -0.15) is 0 Å². The lowest BCUT2D eigenvalue weighted by Crippen LogP contribution is -2.09. The van der Waals surface area contributed by atoms with Crippen LogP contribution in [0.5, 0.6) is 5.75 Å². The van der Waals surface area contributed by atoms with Crippen LogP contribution in [0.4, 0.5) is 5.69 Å². The molecule has 0 atom stereocenters. The number of nitrogens with two attached hydrogens (primary N) is 1. The molecule has 7 nitrogen and oxygen atoms in total. The fraction of sp³-hybridized carbons (Fsp3) is 0.0833. The van der Waals surface area contributed by atoms with Crippen LogP contribution in [0.25, 0.3) is 11.3 Å². The first kappa shape index (κ1) is 12.6. The zero-order valence-corrected chi connectivity index (χ0v) is 9.95. The van der Waals surface area contributed by atoms with Crippen LogP contribution in [0.3, 0.4) is 0 Å². The van der Waals surface area contributed by atoms with Gasteiger partial charge in [-0.3, -0.25) is 14.9 Å². The Balaban J connectivity index is 2.54. The number of furan rings is 1. The fourth-order valence-electron chi connectivity index (χ4n) is 1.61. The molecule has 2 aromatic rings. The first-order chi connectivity index (χ1) is 9.02. The highest BCUT2D eigenvalue weighted by molar-refractivity contribution is 5.90. The van der Waals surface area contributed by atoms with Gasteiger partial charge in [-0.15, -0.1) is 0 Å². The Hall–Kier alpha value is -2.83. The fourth-order valence-corrected chi connectivity index (χ4v) is 1.61. The molecule has 1 aromatic heterocycles. The van der Waals surface area contributed by atoms with Crippen molar-refractivity contribution in [3.63, 3.8) is 0 Å². The number of nitro groups is 1. The van der Waals surface area contributed by atoms with E-state index in [9.17, 15) is 14.9 Å². The molecule has 2 N–H and O–H groups in total. The zero-order valence-electron chi connectivity index (χ0n) is 9.95. The summed E-state index contributed by atoms with van der Waals surface area (Å²) < 4.78 is 10.1. The predicted octanol–water partition coefficient (Wildman–Crippen LogP) is 1.96. The number of carbonyl (C=O) groups is 1. The van der Waals surface area contributed by atoms with Gasteiger partial charge >= 0.3 is 0 Å². The number of rotatable bonds is 4. The van der Waals surface area contributed by atoms with Gasteiger partial charge in [0.05, 0.1) is 23.7 Å². The maximum Gasteiger partial charge on any atom is 0.284 e. The topological polar surface area (TPSA) is 109 Å². The van der Waals surface area contributed by atoms with Crippen LogP contribution in [-0.4, -0.2) is 17.9 Å². The van der Waals surface area contributed by atoms with Gasteiger partial charge in [-0.25, -0.2) is 0 Å². The summed E-state index contributed by atoms with van der Waals surface area (Å²) in [5.74, 6) is -0.234. The molecule has 0 spiro atoms. The lowest BCUT2D eigenvalue weighted by atomic mass is 10.1. The van der Waals surface area contributed by atoms with Gasteiger partial charge < -0.3 is 14.9 Å². The van der Waals surface area contributed by atoms with E-state index in [4.69, 9.17) is 14.9 Å². The second kappa shape index (κ2) is 4.81. The molecule has 0 unspecified atom stereocenters. The van der Waals surface area contributed by atoms with Crippen LogP contribution < -0.4 is 10.5 Å². The van der Waals surface area contributed by atoms with Crippen molar-refractivity contribution < 1.29 is 18.9 Å². The maximum absolute atomic E-state index is 11.0. The molecule has 1 amide bonds. The molecule has 0 aliphatic rings. The van der Waals surface area contributed by atoms with Crippen LogP contribution in [0, 0.1) is 10.1 Å². The van der Waals surface area contributed by atoms with E-state index >= 15 is 0 Å². The number of hydrogen-bond acceptors (Lipinski definition) is 5. The quantitative estimate of drug-likeness (QED) is 0.669. The molecule has 0 aliphatic heterocycles. The lowest BCUT2D eigenvalue weighted by molar-refractivity contribution is -0.384. The smallest absolute Gasteiger partial charge is 0.284 e. The lowest BCUT2D eigenvalue weighted by Gasteiger charge is -2.03. The maximum atomic E-state index is 11.0. The van der Waals surface area contributed by atoms with Crippen molar-refractivity contribution >= 4 is 11.6 Å². The van der Waals surface area contributed by atoms with E-state index in [0.29, 0.717) is 5.75 Å². The number of methoxy groups -OCH3 is 1. The molecule has 98 valence electrons. The number of amides is 1. The third-order valence-corrected chi connectivity index (χ3v) is 2.52. The van der Waals surface area contributed by atoms with Gasteiger partial charge in [0.2, 0.25) is 0 Å². The van der Waals surface area contributed by atoms with Crippen molar-refractivity contribution in [1.29, 1.82) is 0 Å². The standard InChI is InChI=1S/C12H10N2O5/c1-18-7-2-3-8(9(6-7)14(16)17)10-4-5-11(19-10)12(13)15/h2-6H,1H3,(H2,13,15). The Labute approximate surface area is 107 Å². The third-order valence-electron chi connectivity index (χ3n) is 2.52. The van der Waals surface area contributed by atoms with Crippen LogP contribution in [0.1, 0.15) is 10.6 Å². The highest BCUT2D eigenvalue weighted by Gasteiger charge is 2.20. The Bertz CT molecular complexity index is 647. The number of hydrogen-bond donors (Lipinski definition) is 1. The summed E-state index contributed by atoms with van der Waals surface area (Å²) in [6.07, 6.45) is 0. The van der Waals surface area contributed by atoms with E-state index in [1.54, 1.807) is 6.07 Å². The molecule has 0 aliphatic carbocycles. The minimum absolute atomic E-state index is 0.0554. The minimum Gasteiger partial charge on any atom is -0.497 e. The molecule has 1 heterocycles. The van der Waals surface area contributed by atoms with E-state index in [0.717, 1.165) is 0 Å². The molecule has 0 saturated heterocycles. The van der Waals surface area contributed by atoms with Crippen LogP contribution in [0.2, 0.25) is 0 Å². The van der Waals surface area contributed by atoms with Crippen LogP contribution in [-0.2, 0) is 0 Å². The first-order valence-electron chi connectivity index (χ1n) is 5.25. The van der Waals surface area contributed by atoms with Gasteiger partial charge in [0, 0.05) is 0 Å². The molecule has 2 rings (SSSR count). The molecule has 19 heavy (non-hydrogen) atoms. The number of nitro benzene ring substituents is 1. The van der Waals surface area contributed by atoms with Crippen molar-refractivity contribution in [3.8, 4) is 17.1 Å². The Morgan fingerprint density at radius 2 is 2.11 bits per heavy atom. The van der Waals surface area contributed by atoms with E-state index in [1.807, 2.05) is 0 Å². The van der Waals surface area contributed by atoms with Gasteiger partial charge in [0.25, 0.3) is 11.6 Å². The van der Waals surface area contributed by atoms with Gasteiger partial charge in [0.15, 0.2) is 5.76 Å². The summed E-state index contributed by atoms with van der Waals surface area (Å²) in [6.45, 7) is 0. The SMILES string of the molecule is COc1ccc(-c2ccc(C(N)=O)o2)c([N+](=O)[O-])c1. The minimum atomic E-state index is -0.734. The number of primary amides is 1. The molecular formula is C12H10N2O5. The zero-order chi connectivity index (χ0) is 14.0. The molecule has 1 aromatic carbocycles. The van der Waals surface area contributed by atoms with Crippen LogP contribution in [0.15, 0.2) is 34.7 Å². The van der Waals surface area contributed by atoms with E-state index in [1.165, 1.54) is 31.4 Å². The van der Waals surface area contributed by atoms with Crippen molar-refractivity contribution in [1.82, 2.24) is 0 Å². The largest absolute Gasteiger partial charge is 0.497 e. The van der Waals surface area contributed by atoms with Crippen molar-refractivity contribution in [3.05, 3.63) is 46.2 Å². The number of nitrogens with zero attached hydrogens (tertiary/aromatic N) is 1. The summed E-state index contributed by atoms with van der Waals surface area (Å²) in [7, 11) is 1.41. The Morgan fingerprint density at radius 1 is 1.37 bits per heavy atom. The highest BCUT2D eigenvalue weighted by Crippen LogP contribution is 2.33. The average molecular weight is 262 g/mol. The summed E-state index contributed by atoms with van der Waals surface area (Å²) in [6, 6.07) is 7.15. The van der Waals surface area contributed by atoms with Crippen LogP contribution >= 0.6 is 0 Å². The van der Waals surface area contributed by atoms with E-state index in [-0.39, 0.29) is 22.8 Å². The molecule has 0 bridgehead atoms. The first-order valence-corrected chi connectivity index (χ1v) is 5.25. The van der Waals surface area contributed by atoms with Gasteiger partial charge in [-0.1, -0.05) is 0 Å². The summed E-state index contributed by atoms with van der Waals surface area (Å²) in [4.78, 5) is 21.4. The second-order valence-electron chi connectivity index (χ2n) is 3.67. The van der Waals surface area contributed by atoms with Gasteiger partial charge in [0.1, 0.15) is 11.5 Å². The van der Waals surface area contributed by atoms with Crippen molar-refractivity contribution in [2.24, 2.45) is 5.73 Å². The molecule has 0 radical (unpaired) electrons. The summed E-state index contributed by atoms with van der Waals surface area (Å²) in [5, 5.41) is 11.0. The third kappa shape index (κ3) is 2.39. The highest BCUT2D eigenvalue weighted by atomic mass is 16.6. The number of ether oxygens (including phenoxy) is 1. The number of carbonyl (C=O) groups excluding carboxylic acids is 1. The number of benzene rings is 1. The second-order valence-corrected chi connectivity index (χ2v) is 3.67. The monoisotopic (exact) mass is 262 g/mol. The Kier molecular flexibility index (Phi) is 3.19. The summed E-state index contributed by atoms with van der Waals surface area (Å²) >= 11 is 0. The van der Waals surface area contributed by atoms with E-state index in [2.05, 4.69) is 0 Å². The Morgan fingerprint density at radius 3 is 2.63 bits per heavy atom.